The minimum Gasteiger partial charge on any atom is -0.372 e. The number of hydrogen-bond donors (Lipinski definition) is 2. The van der Waals surface area contributed by atoms with Crippen molar-refractivity contribution in [3.05, 3.63) is 23.5 Å². The minimum absolute atomic E-state index is 0.132. The zero-order valence-corrected chi connectivity index (χ0v) is 7.15. The Labute approximate surface area is 74.9 Å². The third-order valence-corrected chi connectivity index (χ3v) is 2.03. The molecule has 0 unspecified atom stereocenters. The molecule has 13 heavy (non-hydrogen) atoms. The molecule has 0 fully saturated rings. The Morgan fingerprint density at radius 3 is 3.00 bits per heavy atom. The first kappa shape index (κ1) is 8.04. The topological polar surface area (TPSA) is 41.1 Å². The van der Waals surface area contributed by atoms with Crippen molar-refractivity contribution < 1.29 is 9.18 Å². The van der Waals surface area contributed by atoms with Crippen LogP contribution in [0.2, 0.25) is 0 Å². The summed E-state index contributed by atoms with van der Waals surface area (Å²) in [4.78, 5) is 10.9. The molecule has 1 aliphatic rings. The van der Waals surface area contributed by atoms with Gasteiger partial charge in [-0.1, -0.05) is 6.07 Å². The van der Waals surface area contributed by atoms with Gasteiger partial charge in [0, 0.05) is 0 Å². The van der Waals surface area contributed by atoms with Gasteiger partial charge in [-0.05, 0) is 18.6 Å². The molecule has 0 spiro atoms. The van der Waals surface area contributed by atoms with Gasteiger partial charge in [0.25, 0.3) is 0 Å². The predicted molar refractivity (Wildman–Crippen MR) is 48.3 cm³/mol. The number of carbonyl (C=O) groups is 1. The molecular weight excluding hydrogens is 171 g/mol. The molecule has 0 atom stereocenters. The average molecular weight is 180 g/mol. The number of nitrogens with one attached hydrogen (secondary N) is 2. The number of aryl methyl sites for hydroxylation is 1. The number of halogens is 1. The molecule has 3 nitrogen and oxygen atoms in total. The van der Waals surface area contributed by atoms with Crippen LogP contribution in [0.4, 0.5) is 15.8 Å². The Morgan fingerprint density at radius 1 is 1.46 bits per heavy atom. The Bertz CT molecular complexity index is 376. The molecule has 4 heteroatoms. The lowest BCUT2D eigenvalue weighted by Gasteiger charge is -2.19. The molecule has 0 aliphatic carbocycles. The molecule has 1 aromatic rings. The fraction of sp³-hybridized carbons (Fsp3) is 0.222. The number of amides is 1. The maximum atomic E-state index is 13.4. The zero-order chi connectivity index (χ0) is 9.42. The predicted octanol–water partition coefficient (Wildman–Crippen LogP) is 1.50. The van der Waals surface area contributed by atoms with Crippen LogP contribution in [0.3, 0.4) is 0 Å². The summed E-state index contributed by atoms with van der Waals surface area (Å²) in [7, 11) is 0. The number of anilines is 2. The summed E-state index contributed by atoms with van der Waals surface area (Å²) in [6, 6.07) is 3.33. The summed E-state index contributed by atoms with van der Waals surface area (Å²) in [6.07, 6.45) is 0. The highest BCUT2D eigenvalue weighted by Crippen LogP contribution is 2.29. The van der Waals surface area contributed by atoms with Crippen LogP contribution >= 0.6 is 0 Å². The van der Waals surface area contributed by atoms with Crippen molar-refractivity contribution in [2.45, 2.75) is 6.92 Å². The number of hydrogen-bond acceptors (Lipinski definition) is 2. The molecule has 0 saturated heterocycles. The van der Waals surface area contributed by atoms with Crippen molar-refractivity contribution in [1.29, 1.82) is 0 Å². The van der Waals surface area contributed by atoms with E-state index in [4.69, 9.17) is 0 Å². The van der Waals surface area contributed by atoms with Gasteiger partial charge in [0.05, 0.1) is 17.9 Å². The van der Waals surface area contributed by atoms with E-state index in [-0.39, 0.29) is 18.3 Å². The SMILES string of the molecule is Cc1ccc2c(c1F)NCC(=O)N2. The van der Waals surface area contributed by atoms with Gasteiger partial charge in [-0.25, -0.2) is 4.39 Å². The molecule has 0 bridgehead atoms. The lowest BCUT2D eigenvalue weighted by molar-refractivity contribution is -0.114. The number of fused-ring (bicyclic) bond motifs is 1. The highest BCUT2D eigenvalue weighted by Gasteiger charge is 2.17. The van der Waals surface area contributed by atoms with Gasteiger partial charge in [0.2, 0.25) is 5.91 Å². The van der Waals surface area contributed by atoms with Crippen molar-refractivity contribution in [3.63, 3.8) is 0 Å². The molecule has 1 amide bonds. The average Bonchev–Trinajstić information content (AvgIpc) is 2.12. The molecule has 2 rings (SSSR count). The van der Waals surface area contributed by atoms with E-state index in [2.05, 4.69) is 10.6 Å². The van der Waals surface area contributed by atoms with E-state index in [1.807, 2.05) is 0 Å². The molecule has 0 saturated carbocycles. The molecule has 1 aliphatic heterocycles. The van der Waals surface area contributed by atoms with Crippen LogP contribution in [0.1, 0.15) is 5.56 Å². The van der Waals surface area contributed by atoms with Gasteiger partial charge in [-0.15, -0.1) is 0 Å². The largest absolute Gasteiger partial charge is 0.372 e. The van der Waals surface area contributed by atoms with Crippen LogP contribution in [0.5, 0.6) is 0 Å². The van der Waals surface area contributed by atoms with Crippen molar-refractivity contribution in [3.8, 4) is 0 Å². The first-order valence-electron chi connectivity index (χ1n) is 4.01. The lowest BCUT2D eigenvalue weighted by Crippen LogP contribution is -2.28. The monoisotopic (exact) mass is 180 g/mol. The van der Waals surface area contributed by atoms with E-state index >= 15 is 0 Å². The van der Waals surface area contributed by atoms with Crippen LogP contribution in [0, 0.1) is 12.7 Å². The number of rotatable bonds is 0. The lowest BCUT2D eigenvalue weighted by atomic mass is 10.1. The maximum Gasteiger partial charge on any atom is 0.243 e. The molecule has 0 radical (unpaired) electrons. The van der Waals surface area contributed by atoms with E-state index in [1.165, 1.54) is 0 Å². The normalized spacial score (nSPS) is 14.5. The van der Waals surface area contributed by atoms with Crippen LogP contribution in [0.25, 0.3) is 0 Å². The van der Waals surface area contributed by atoms with Gasteiger partial charge in [-0.2, -0.15) is 0 Å². The molecule has 1 heterocycles. The summed E-state index contributed by atoms with van der Waals surface area (Å²) in [5.74, 6) is -0.437. The Balaban J connectivity index is 2.53. The van der Waals surface area contributed by atoms with E-state index in [9.17, 15) is 9.18 Å². The summed E-state index contributed by atoms with van der Waals surface area (Å²) in [5.41, 5.74) is 1.47. The van der Waals surface area contributed by atoms with Crippen LogP contribution in [-0.2, 0) is 4.79 Å². The van der Waals surface area contributed by atoms with E-state index in [1.54, 1.807) is 19.1 Å². The number of carbonyl (C=O) groups excluding carboxylic acids is 1. The summed E-state index contributed by atoms with van der Waals surface area (Å²) >= 11 is 0. The summed E-state index contributed by atoms with van der Waals surface area (Å²) < 4.78 is 13.4. The fourth-order valence-corrected chi connectivity index (χ4v) is 1.32. The zero-order valence-electron chi connectivity index (χ0n) is 7.15. The van der Waals surface area contributed by atoms with Crippen molar-refractivity contribution >= 4 is 17.3 Å². The smallest absolute Gasteiger partial charge is 0.243 e. The van der Waals surface area contributed by atoms with Gasteiger partial charge in [0.1, 0.15) is 0 Å². The number of benzene rings is 1. The molecule has 2 N–H and O–H groups in total. The summed E-state index contributed by atoms with van der Waals surface area (Å²) in [5, 5.41) is 5.32. The second kappa shape index (κ2) is 2.73. The fourth-order valence-electron chi connectivity index (χ4n) is 1.32. The second-order valence-corrected chi connectivity index (χ2v) is 3.02. The quantitative estimate of drug-likeness (QED) is 0.635. The highest BCUT2D eigenvalue weighted by molar-refractivity contribution is 6.00. The third-order valence-electron chi connectivity index (χ3n) is 2.03. The van der Waals surface area contributed by atoms with Crippen LogP contribution in [-0.4, -0.2) is 12.5 Å². The van der Waals surface area contributed by atoms with Crippen LogP contribution in [0.15, 0.2) is 12.1 Å². The summed E-state index contributed by atoms with van der Waals surface area (Å²) in [6.45, 7) is 1.82. The first-order chi connectivity index (χ1) is 6.18. The van der Waals surface area contributed by atoms with Gasteiger partial charge < -0.3 is 10.6 Å². The van der Waals surface area contributed by atoms with E-state index in [0.717, 1.165) is 0 Å². The Kier molecular flexibility index (Phi) is 1.69. The van der Waals surface area contributed by atoms with Gasteiger partial charge in [-0.3, -0.25) is 4.79 Å². The van der Waals surface area contributed by atoms with Crippen molar-refractivity contribution in [2.75, 3.05) is 17.2 Å². The highest BCUT2D eigenvalue weighted by atomic mass is 19.1. The maximum absolute atomic E-state index is 13.4. The third kappa shape index (κ3) is 1.24. The first-order valence-corrected chi connectivity index (χ1v) is 4.01. The molecule has 1 aromatic carbocycles. The van der Waals surface area contributed by atoms with Gasteiger partial charge >= 0.3 is 0 Å². The molecular formula is C9H9FN2O. The second-order valence-electron chi connectivity index (χ2n) is 3.02. The standard InChI is InChI=1S/C9H9FN2O/c1-5-2-3-6-9(8(5)10)11-4-7(13)12-6/h2-3,11H,4H2,1H3,(H,12,13). The van der Waals surface area contributed by atoms with Crippen molar-refractivity contribution in [2.24, 2.45) is 0 Å². The van der Waals surface area contributed by atoms with Gasteiger partial charge in [0.15, 0.2) is 5.82 Å². The molecule has 0 aromatic heterocycles. The van der Waals surface area contributed by atoms with E-state index < -0.39 is 0 Å². The Hall–Kier alpha value is -1.58. The molecule has 68 valence electrons. The minimum atomic E-state index is -0.294. The Morgan fingerprint density at radius 2 is 2.23 bits per heavy atom. The van der Waals surface area contributed by atoms with E-state index in [0.29, 0.717) is 16.9 Å². The van der Waals surface area contributed by atoms with Crippen molar-refractivity contribution in [1.82, 2.24) is 0 Å². The van der Waals surface area contributed by atoms with Crippen LogP contribution < -0.4 is 10.6 Å².